The Balaban J connectivity index is 1.77. The van der Waals surface area contributed by atoms with Crippen LogP contribution in [0.25, 0.3) is 11.5 Å². The lowest BCUT2D eigenvalue weighted by molar-refractivity contribution is 0.0411. The van der Waals surface area contributed by atoms with Crippen molar-refractivity contribution in [1.29, 1.82) is 0 Å². The Hall–Kier alpha value is -2.05. The maximum atomic E-state index is 10.9. The number of oxazole rings is 1. The van der Waals surface area contributed by atoms with Gasteiger partial charge in [0, 0.05) is 10.9 Å². The molecule has 0 bridgehead atoms. The van der Waals surface area contributed by atoms with Gasteiger partial charge in [-0.2, -0.15) is 0 Å². The fourth-order valence-corrected chi connectivity index (χ4v) is 4.13. The van der Waals surface area contributed by atoms with E-state index in [1.807, 2.05) is 52.8 Å². The highest BCUT2D eigenvalue weighted by molar-refractivity contribution is 6.36. The van der Waals surface area contributed by atoms with Crippen molar-refractivity contribution in [1.82, 2.24) is 4.98 Å². The summed E-state index contributed by atoms with van der Waals surface area (Å²) >= 11 is 12.4. The molecule has 0 saturated heterocycles. The standard InChI is InChI=1S/C26H31Cl2NO4/c1-15(2)24-22(29-25(32-24)20-8-6-17(27)13-21(20)28)10-11-23(31)19-9-7-18(12-16(19)3)33-26(4,5)14-30/h6-9,12-13,15,23,30-31H,10-11,14H2,1-5H3. The monoisotopic (exact) mass is 491 g/mol. The van der Waals surface area contributed by atoms with Crippen molar-refractivity contribution in [2.75, 3.05) is 6.61 Å². The van der Waals surface area contributed by atoms with Crippen molar-refractivity contribution in [2.45, 2.75) is 65.1 Å². The minimum absolute atomic E-state index is 0.0878. The quantitative estimate of drug-likeness (QED) is 0.340. The summed E-state index contributed by atoms with van der Waals surface area (Å²) in [5.74, 6) is 2.03. The number of rotatable bonds is 9. The number of hydrogen-bond donors (Lipinski definition) is 2. The summed E-state index contributed by atoms with van der Waals surface area (Å²) in [4.78, 5) is 4.70. The van der Waals surface area contributed by atoms with Crippen LogP contribution in [-0.2, 0) is 6.42 Å². The summed E-state index contributed by atoms with van der Waals surface area (Å²) in [5.41, 5.74) is 2.59. The molecule has 3 rings (SSSR count). The first-order chi connectivity index (χ1) is 15.5. The number of aryl methyl sites for hydroxylation is 2. The van der Waals surface area contributed by atoms with Gasteiger partial charge in [-0.1, -0.05) is 43.1 Å². The molecule has 0 radical (unpaired) electrons. The van der Waals surface area contributed by atoms with Gasteiger partial charge in [0.15, 0.2) is 0 Å². The third-order valence-electron chi connectivity index (χ3n) is 5.44. The van der Waals surface area contributed by atoms with Gasteiger partial charge >= 0.3 is 0 Å². The van der Waals surface area contributed by atoms with E-state index in [1.54, 1.807) is 18.2 Å². The zero-order chi connectivity index (χ0) is 24.3. The zero-order valence-corrected chi connectivity index (χ0v) is 21.2. The number of halogens is 2. The maximum Gasteiger partial charge on any atom is 0.228 e. The van der Waals surface area contributed by atoms with Gasteiger partial charge in [0.25, 0.3) is 0 Å². The highest BCUT2D eigenvalue weighted by atomic mass is 35.5. The summed E-state index contributed by atoms with van der Waals surface area (Å²) < 4.78 is 11.9. The molecule has 0 aliphatic heterocycles. The zero-order valence-electron chi connectivity index (χ0n) is 19.7. The second kappa shape index (κ2) is 10.5. The van der Waals surface area contributed by atoms with Crippen molar-refractivity contribution in [3.05, 3.63) is 69.0 Å². The van der Waals surface area contributed by atoms with E-state index in [0.717, 1.165) is 22.6 Å². The van der Waals surface area contributed by atoms with E-state index in [-0.39, 0.29) is 12.5 Å². The highest BCUT2D eigenvalue weighted by Crippen LogP contribution is 2.34. The van der Waals surface area contributed by atoms with E-state index in [9.17, 15) is 10.2 Å². The van der Waals surface area contributed by atoms with Crippen molar-refractivity contribution < 1.29 is 19.4 Å². The van der Waals surface area contributed by atoms with E-state index in [2.05, 4.69) is 0 Å². The molecule has 0 saturated carbocycles. The second-order valence-corrected chi connectivity index (χ2v) is 10.0. The molecule has 178 valence electrons. The van der Waals surface area contributed by atoms with Gasteiger partial charge in [-0.3, -0.25) is 0 Å². The van der Waals surface area contributed by atoms with Crippen LogP contribution in [0.15, 0.2) is 40.8 Å². The van der Waals surface area contributed by atoms with Crippen LogP contribution in [0.5, 0.6) is 5.75 Å². The molecule has 0 aliphatic carbocycles. The molecule has 1 heterocycles. The number of hydrogen-bond acceptors (Lipinski definition) is 5. The average molecular weight is 492 g/mol. The minimum atomic E-state index is -0.669. The lowest BCUT2D eigenvalue weighted by Crippen LogP contribution is -2.32. The molecular weight excluding hydrogens is 461 g/mol. The van der Waals surface area contributed by atoms with E-state index in [0.29, 0.717) is 40.1 Å². The van der Waals surface area contributed by atoms with Gasteiger partial charge in [0.2, 0.25) is 5.89 Å². The van der Waals surface area contributed by atoms with E-state index < -0.39 is 11.7 Å². The normalized spacial score (nSPS) is 12.9. The molecule has 5 nitrogen and oxygen atoms in total. The first kappa shape index (κ1) is 25.6. The molecule has 3 aromatic rings. The van der Waals surface area contributed by atoms with Crippen LogP contribution >= 0.6 is 23.2 Å². The van der Waals surface area contributed by atoms with E-state index in [4.69, 9.17) is 37.3 Å². The number of nitrogens with zero attached hydrogens (tertiary/aromatic N) is 1. The lowest BCUT2D eigenvalue weighted by atomic mass is 9.97. The number of ether oxygens (including phenoxy) is 1. The van der Waals surface area contributed by atoms with E-state index >= 15 is 0 Å². The number of aliphatic hydroxyl groups is 2. The van der Waals surface area contributed by atoms with Gasteiger partial charge in [0.1, 0.15) is 17.1 Å². The van der Waals surface area contributed by atoms with Crippen molar-refractivity contribution in [3.8, 4) is 17.2 Å². The molecule has 1 unspecified atom stereocenters. The Kier molecular flexibility index (Phi) is 8.12. The van der Waals surface area contributed by atoms with Gasteiger partial charge in [-0.15, -0.1) is 0 Å². The van der Waals surface area contributed by atoms with Gasteiger partial charge < -0.3 is 19.4 Å². The Morgan fingerprint density at radius 1 is 1.12 bits per heavy atom. The smallest absolute Gasteiger partial charge is 0.228 e. The molecule has 7 heteroatoms. The number of aromatic nitrogens is 1. The summed E-state index contributed by atoms with van der Waals surface area (Å²) in [6, 6.07) is 10.8. The summed E-state index contributed by atoms with van der Waals surface area (Å²) in [7, 11) is 0. The van der Waals surface area contributed by atoms with E-state index in [1.165, 1.54) is 0 Å². The van der Waals surface area contributed by atoms with Gasteiger partial charge in [-0.05, 0) is 75.1 Å². The number of benzene rings is 2. The Morgan fingerprint density at radius 2 is 1.85 bits per heavy atom. The summed E-state index contributed by atoms with van der Waals surface area (Å²) in [5, 5.41) is 21.3. The predicted molar refractivity (Wildman–Crippen MR) is 132 cm³/mol. The molecule has 0 amide bonds. The van der Waals surface area contributed by atoms with Crippen LogP contribution in [0.4, 0.5) is 0 Å². The fourth-order valence-electron chi connectivity index (χ4n) is 3.64. The fraction of sp³-hybridized carbons (Fsp3) is 0.423. The third-order valence-corrected chi connectivity index (χ3v) is 5.99. The van der Waals surface area contributed by atoms with Crippen LogP contribution in [-0.4, -0.2) is 27.4 Å². The molecule has 2 aromatic carbocycles. The SMILES string of the molecule is Cc1cc(OC(C)(C)CO)ccc1C(O)CCc1nc(-c2ccc(Cl)cc2Cl)oc1C(C)C. The Bertz CT molecular complexity index is 1110. The van der Waals surface area contributed by atoms with Gasteiger partial charge in [-0.25, -0.2) is 4.98 Å². The second-order valence-electron chi connectivity index (χ2n) is 9.20. The topological polar surface area (TPSA) is 75.7 Å². The largest absolute Gasteiger partial charge is 0.485 e. The van der Waals surface area contributed by atoms with Crippen LogP contribution in [0.3, 0.4) is 0 Å². The predicted octanol–water partition coefficient (Wildman–Crippen LogP) is 6.90. The van der Waals surface area contributed by atoms with Crippen molar-refractivity contribution >= 4 is 23.2 Å². The maximum absolute atomic E-state index is 10.9. The van der Waals surface area contributed by atoms with Crippen LogP contribution < -0.4 is 4.74 Å². The van der Waals surface area contributed by atoms with Crippen LogP contribution in [0.1, 0.15) is 68.7 Å². The third kappa shape index (κ3) is 6.30. The molecule has 33 heavy (non-hydrogen) atoms. The van der Waals surface area contributed by atoms with Crippen molar-refractivity contribution in [2.24, 2.45) is 0 Å². The molecule has 2 N–H and O–H groups in total. The number of aliphatic hydroxyl groups excluding tert-OH is 2. The Morgan fingerprint density at radius 3 is 2.45 bits per heavy atom. The lowest BCUT2D eigenvalue weighted by Gasteiger charge is -2.24. The van der Waals surface area contributed by atoms with Crippen LogP contribution in [0.2, 0.25) is 10.0 Å². The van der Waals surface area contributed by atoms with Gasteiger partial charge in [0.05, 0.1) is 29.0 Å². The molecule has 1 atom stereocenters. The summed E-state index contributed by atoms with van der Waals surface area (Å²) in [6.45, 7) is 9.58. The Labute approximate surface area is 205 Å². The van der Waals surface area contributed by atoms with Crippen LogP contribution in [0, 0.1) is 6.92 Å². The first-order valence-electron chi connectivity index (χ1n) is 11.0. The first-order valence-corrected chi connectivity index (χ1v) is 11.8. The molecular formula is C26H31Cl2NO4. The minimum Gasteiger partial charge on any atom is -0.485 e. The highest BCUT2D eigenvalue weighted by Gasteiger charge is 2.22. The summed E-state index contributed by atoms with van der Waals surface area (Å²) in [6.07, 6.45) is 0.381. The average Bonchev–Trinajstić information content (AvgIpc) is 3.16. The van der Waals surface area contributed by atoms with Crippen molar-refractivity contribution in [3.63, 3.8) is 0 Å². The molecule has 0 aliphatic rings. The molecule has 1 aromatic heterocycles. The molecule has 0 spiro atoms. The molecule has 0 fully saturated rings.